The van der Waals surface area contributed by atoms with Crippen LogP contribution in [-0.4, -0.2) is 22.9 Å². The molecule has 0 aromatic heterocycles. The van der Waals surface area contributed by atoms with E-state index in [0.717, 1.165) is 5.56 Å². The van der Waals surface area contributed by atoms with Crippen LogP contribution in [0.3, 0.4) is 0 Å². The predicted molar refractivity (Wildman–Crippen MR) is 60.9 cm³/mol. The Morgan fingerprint density at radius 1 is 1.50 bits per heavy atom. The van der Waals surface area contributed by atoms with Gasteiger partial charge in [-0.1, -0.05) is 12.1 Å². The highest BCUT2D eigenvalue weighted by atomic mass is 32.2. The average Bonchev–Trinajstić information content (AvgIpc) is 2.78. The van der Waals surface area contributed by atoms with Crippen molar-refractivity contribution in [1.29, 1.82) is 5.26 Å². The summed E-state index contributed by atoms with van der Waals surface area (Å²) >= 11 is 1.57. The van der Waals surface area contributed by atoms with Gasteiger partial charge >= 0.3 is 5.97 Å². The molecule has 1 aliphatic heterocycles. The van der Waals surface area contributed by atoms with Gasteiger partial charge in [-0.2, -0.15) is 5.26 Å². The lowest BCUT2D eigenvalue weighted by Gasteiger charge is -2.10. The van der Waals surface area contributed by atoms with Crippen molar-refractivity contribution in [3.8, 4) is 6.07 Å². The van der Waals surface area contributed by atoms with Crippen LogP contribution >= 0.6 is 11.8 Å². The first-order chi connectivity index (χ1) is 7.70. The van der Waals surface area contributed by atoms with Crippen molar-refractivity contribution in [2.45, 2.75) is 11.4 Å². The van der Waals surface area contributed by atoms with Gasteiger partial charge in [-0.05, 0) is 17.7 Å². The Kier molecular flexibility index (Phi) is 3.13. The summed E-state index contributed by atoms with van der Waals surface area (Å²) in [6.45, 7) is 0. The van der Waals surface area contributed by atoms with Gasteiger partial charge in [0.15, 0.2) is 0 Å². The summed E-state index contributed by atoms with van der Waals surface area (Å²) in [6.07, 6.45) is 0. The van der Waals surface area contributed by atoms with Crippen molar-refractivity contribution in [2.75, 3.05) is 5.75 Å². The molecule has 0 aliphatic carbocycles. The third-order valence-corrected chi connectivity index (χ3v) is 3.69. The molecular formula is C11H10N2O2S. The van der Waals surface area contributed by atoms with Crippen molar-refractivity contribution in [1.82, 2.24) is 5.32 Å². The molecule has 0 radical (unpaired) electrons. The minimum absolute atomic E-state index is 0.00819. The van der Waals surface area contributed by atoms with E-state index in [1.807, 2.05) is 12.1 Å². The van der Waals surface area contributed by atoms with E-state index >= 15 is 0 Å². The molecule has 1 aromatic rings. The van der Waals surface area contributed by atoms with Gasteiger partial charge in [-0.25, -0.2) is 0 Å². The zero-order valence-electron chi connectivity index (χ0n) is 8.38. The smallest absolute Gasteiger partial charge is 0.321 e. The van der Waals surface area contributed by atoms with Gasteiger partial charge in [0, 0.05) is 5.75 Å². The molecule has 1 aromatic carbocycles. The second-order valence-electron chi connectivity index (χ2n) is 3.50. The van der Waals surface area contributed by atoms with Crippen LogP contribution in [0, 0.1) is 11.3 Å². The van der Waals surface area contributed by atoms with Crippen LogP contribution < -0.4 is 5.32 Å². The fourth-order valence-corrected chi connectivity index (χ4v) is 2.77. The van der Waals surface area contributed by atoms with E-state index < -0.39 is 12.0 Å². The van der Waals surface area contributed by atoms with Gasteiger partial charge in [0.25, 0.3) is 0 Å². The number of nitrogens with one attached hydrogen (secondary N) is 1. The van der Waals surface area contributed by atoms with E-state index in [1.165, 1.54) is 0 Å². The molecule has 2 N–H and O–H groups in total. The van der Waals surface area contributed by atoms with Crippen LogP contribution in [0.2, 0.25) is 0 Å². The molecule has 16 heavy (non-hydrogen) atoms. The Labute approximate surface area is 97.3 Å². The lowest BCUT2D eigenvalue weighted by Crippen LogP contribution is -2.33. The molecular weight excluding hydrogens is 224 g/mol. The Hall–Kier alpha value is -1.51. The van der Waals surface area contributed by atoms with Gasteiger partial charge in [-0.15, -0.1) is 11.8 Å². The first-order valence-corrected chi connectivity index (χ1v) is 5.86. The van der Waals surface area contributed by atoms with Crippen LogP contribution in [0.4, 0.5) is 0 Å². The number of hydrogen-bond donors (Lipinski definition) is 2. The molecule has 0 bridgehead atoms. The number of aliphatic carboxylic acids is 1. The molecule has 1 saturated heterocycles. The molecule has 1 heterocycles. The number of rotatable bonds is 2. The predicted octanol–water partition coefficient (Wildman–Crippen LogP) is 1.35. The largest absolute Gasteiger partial charge is 0.480 e. The molecule has 0 amide bonds. The zero-order chi connectivity index (χ0) is 11.5. The Balaban J connectivity index is 2.09. The third kappa shape index (κ3) is 2.18. The quantitative estimate of drug-likeness (QED) is 0.808. The standard InChI is InChI=1S/C11H10N2O2S/c12-5-7-1-3-8(4-2-7)10-13-9(6-16-10)11(14)15/h1-4,9-10,13H,6H2,(H,14,15)/t9-,10-/m1/s1. The van der Waals surface area contributed by atoms with Crippen molar-refractivity contribution in [3.63, 3.8) is 0 Å². The molecule has 4 nitrogen and oxygen atoms in total. The van der Waals surface area contributed by atoms with Crippen molar-refractivity contribution >= 4 is 17.7 Å². The van der Waals surface area contributed by atoms with E-state index in [0.29, 0.717) is 11.3 Å². The summed E-state index contributed by atoms with van der Waals surface area (Å²) < 4.78 is 0. The second-order valence-corrected chi connectivity index (χ2v) is 4.64. The lowest BCUT2D eigenvalue weighted by atomic mass is 10.1. The number of carboxylic acid groups (broad SMARTS) is 1. The lowest BCUT2D eigenvalue weighted by molar-refractivity contribution is -0.138. The highest BCUT2D eigenvalue weighted by Crippen LogP contribution is 2.32. The van der Waals surface area contributed by atoms with Crippen LogP contribution in [0.15, 0.2) is 24.3 Å². The van der Waals surface area contributed by atoms with E-state index in [2.05, 4.69) is 11.4 Å². The summed E-state index contributed by atoms with van der Waals surface area (Å²) in [5, 5.41) is 20.5. The Morgan fingerprint density at radius 2 is 2.19 bits per heavy atom. The molecule has 1 aliphatic rings. The molecule has 82 valence electrons. The van der Waals surface area contributed by atoms with Crippen LogP contribution in [0.1, 0.15) is 16.5 Å². The summed E-state index contributed by atoms with van der Waals surface area (Å²) in [6, 6.07) is 8.76. The SMILES string of the molecule is N#Cc1ccc([C@@H]2N[C@@H](C(=O)O)CS2)cc1. The molecule has 0 spiro atoms. The van der Waals surface area contributed by atoms with Crippen LogP contribution in [-0.2, 0) is 4.79 Å². The number of hydrogen-bond acceptors (Lipinski definition) is 4. The maximum atomic E-state index is 10.8. The normalized spacial score (nSPS) is 23.9. The molecule has 1 fully saturated rings. The molecule has 2 rings (SSSR count). The molecule has 0 unspecified atom stereocenters. The van der Waals surface area contributed by atoms with Gasteiger partial charge in [0.05, 0.1) is 17.0 Å². The number of benzene rings is 1. The third-order valence-electron chi connectivity index (χ3n) is 2.42. The highest BCUT2D eigenvalue weighted by molar-refractivity contribution is 7.99. The molecule has 2 atom stereocenters. The topological polar surface area (TPSA) is 73.1 Å². The zero-order valence-corrected chi connectivity index (χ0v) is 9.20. The van der Waals surface area contributed by atoms with E-state index in [1.54, 1.807) is 23.9 Å². The van der Waals surface area contributed by atoms with Crippen LogP contribution in [0.25, 0.3) is 0 Å². The highest BCUT2D eigenvalue weighted by Gasteiger charge is 2.30. The fraction of sp³-hybridized carbons (Fsp3) is 0.273. The minimum atomic E-state index is -0.816. The summed E-state index contributed by atoms with van der Waals surface area (Å²) in [5.74, 6) is -0.247. The second kappa shape index (κ2) is 4.56. The van der Waals surface area contributed by atoms with Gasteiger partial charge < -0.3 is 5.11 Å². The number of nitrogens with zero attached hydrogens (tertiary/aromatic N) is 1. The monoisotopic (exact) mass is 234 g/mol. The summed E-state index contributed by atoms with van der Waals surface area (Å²) in [7, 11) is 0. The maximum absolute atomic E-state index is 10.8. The van der Waals surface area contributed by atoms with Gasteiger partial charge in [0.2, 0.25) is 0 Å². The minimum Gasteiger partial charge on any atom is -0.480 e. The first kappa shape index (κ1) is 11.0. The van der Waals surface area contributed by atoms with Gasteiger partial charge in [-0.3, -0.25) is 10.1 Å². The van der Waals surface area contributed by atoms with Crippen molar-refractivity contribution in [2.24, 2.45) is 0 Å². The Morgan fingerprint density at radius 3 is 2.69 bits per heavy atom. The average molecular weight is 234 g/mol. The van der Waals surface area contributed by atoms with Gasteiger partial charge in [0.1, 0.15) is 6.04 Å². The summed E-state index contributed by atoms with van der Waals surface area (Å²) in [5.41, 5.74) is 1.62. The van der Waals surface area contributed by atoms with E-state index in [9.17, 15) is 4.79 Å². The maximum Gasteiger partial charge on any atom is 0.321 e. The molecule has 0 saturated carbocycles. The van der Waals surface area contributed by atoms with Crippen LogP contribution in [0.5, 0.6) is 0 Å². The number of carboxylic acids is 1. The Bertz CT molecular complexity index is 438. The van der Waals surface area contributed by atoms with Crippen molar-refractivity contribution < 1.29 is 9.90 Å². The van der Waals surface area contributed by atoms with E-state index in [4.69, 9.17) is 10.4 Å². The fourth-order valence-electron chi connectivity index (χ4n) is 1.54. The first-order valence-electron chi connectivity index (χ1n) is 4.81. The van der Waals surface area contributed by atoms with E-state index in [-0.39, 0.29) is 5.37 Å². The number of nitriles is 1. The summed E-state index contributed by atoms with van der Waals surface area (Å²) in [4.78, 5) is 10.8. The number of carbonyl (C=O) groups is 1. The number of thioether (sulfide) groups is 1. The van der Waals surface area contributed by atoms with Crippen molar-refractivity contribution in [3.05, 3.63) is 35.4 Å². The molecule has 5 heteroatoms.